The topological polar surface area (TPSA) is 70.4 Å². The SMILES string of the molecule is CN=C(NCc1nnc(C)n1C)NC1CCN(C(C)C)CC1. The van der Waals surface area contributed by atoms with Crippen molar-refractivity contribution < 1.29 is 0 Å². The molecule has 0 amide bonds. The van der Waals surface area contributed by atoms with Crippen LogP contribution in [0.5, 0.6) is 0 Å². The average Bonchev–Trinajstić information content (AvgIpc) is 2.83. The van der Waals surface area contributed by atoms with Gasteiger partial charge in [0.25, 0.3) is 0 Å². The molecule has 22 heavy (non-hydrogen) atoms. The lowest BCUT2D eigenvalue weighted by molar-refractivity contribution is 0.167. The summed E-state index contributed by atoms with van der Waals surface area (Å²) in [6, 6.07) is 1.12. The van der Waals surface area contributed by atoms with Gasteiger partial charge in [-0.25, -0.2) is 0 Å². The zero-order valence-corrected chi connectivity index (χ0v) is 14.4. The maximum atomic E-state index is 4.31. The van der Waals surface area contributed by atoms with E-state index in [2.05, 4.69) is 44.6 Å². The molecule has 124 valence electrons. The van der Waals surface area contributed by atoms with Crippen molar-refractivity contribution in [1.29, 1.82) is 0 Å². The highest BCUT2D eigenvalue weighted by molar-refractivity contribution is 5.79. The second-order valence-corrected chi connectivity index (χ2v) is 6.20. The van der Waals surface area contributed by atoms with E-state index in [1.165, 1.54) is 0 Å². The molecule has 2 N–H and O–H groups in total. The van der Waals surface area contributed by atoms with Crippen LogP contribution in [0.4, 0.5) is 0 Å². The number of nitrogens with zero attached hydrogens (tertiary/aromatic N) is 5. The van der Waals surface area contributed by atoms with Crippen LogP contribution in [-0.2, 0) is 13.6 Å². The zero-order chi connectivity index (χ0) is 16.1. The van der Waals surface area contributed by atoms with E-state index in [1.54, 1.807) is 7.05 Å². The highest BCUT2D eigenvalue weighted by atomic mass is 15.3. The summed E-state index contributed by atoms with van der Waals surface area (Å²) in [5, 5.41) is 15.1. The van der Waals surface area contributed by atoms with Gasteiger partial charge in [0.15, 0.2) is 11.8 Å². The molecule has 0 bridgehead atoms. The lowest BCUT2D eigenvalue weighted by Crippen LogP contribution is -2.49. The third-order valence-corrected chi connectivity index (χ3v) is 4.42. The molecule has 7 heteroatoms. The number of likely N-dealkylation sites (tertiary alicyclic amines) is 1. The number of piperidine rings is 1. The van der Waals surface area contributed by atoms with Gasteiger partial charge in [-0.05, 0) is 33.6 Å². The molecule has 0 spiro atoms. The molecule has 0 atom stereocenters. The Kier molecular flexibility index (Phi) is 5.76. The summed E-state index contributed by atoms with van der Waals surface area (Å²) in [4.78, 5) is 6.84. The molecule has 2 rings (SSSR count). The molecule has 0 unspecified atom stereocenters. The van der Waals surface area contributed by atoms with E-state index in [0.717, 1.165) is 43.5 Å². The van der Waals surface area contributed by atoms with Crippen molar-refractivity contribution in [3.8, 4) is 0 Å². The van der Waals surface area contributed by atoms with E-state index in [0.29, 0.717) is 18.6 Å². The van der Waals surface area contributed by atoms with Crippen LogP contribution in [0.2, 0.25) is 0 Å². The number of aliphatic imine (C=N–C) groups is 1. The minimum Gasteiger partial charge on any atom is -0.354 e. The molecule has 1 saturated heterocycles. The highest BCUT2D eigenvalue weighted by Gasteiger charge is 2.21. The van der Waals surface area contributed by atoms with Crippen molar-refractivity contribution in [2.75, 3.05) is 20.1 Å². The second kappa shape index (κ2) is 7.58. The molecule has 7 nitrogen and oxygen atoms in total. The minimum atomic E-state index is 0.488. The molecule has 1 aliphatic rings. The second-order valence-electron chi connectivity index (χ2n) is 6.20. The predicted octanol–water partition coefficient (Wildman–Crippen LogP) is 0.661. The standard InChI is InChI=1S/C15H29N7/c1-11(2)22-8-6-13(7-9-22)18-15(16-4)17-10-14-20-19-12(3)21(14)5/h11,13H,6-10H2,1-5H3,(H2,16,17,18). The number of rotatable bonds is 4. The first-order valence-corrected chi connectivity index (χ1v) is 8.07. The summed E-state index contributed by atoms with van der Waals surface area (Å²) in [5.74, 6) is 2.67. The molecule has 0 aliphatic carbocycles. The summed E-state index contributed by atoms with van der Waals surface area (Å²) in [6.07, 6.45) is 2.31. The van der Waals surface area contributed by atoms with E-state index in [-0.39, 0.29) is 0 Å². The Morgan fingerprint density at radius 2 is 2.00 bits per heavy atom. The highest BCUT2D eigenvalue weighted by Crippen LogP contribution is 2.12. The number of guanidine groups is 1. The maximum Gasteiger partial charge on any atom is 0.191 e. The van der Waals surface area contributed by atoms with Crippen LogP contribution in [0, 0.1) is 6.92 Å². The fraction of sp³-hybridized carbons (Fsp3) is 0.800. The molecule has 1 fully saturated rings. The molecule has 0 aromatic carbocycles. The van der Waals surface area contributed by atoms with Crippen molar-refractivity contribution in [3.05, 3.63) is 11.6 Å². The van der Waals surface area contributed by atoms with Gasteiger partial charge in [0.05, 0.1) is 6.54 Å². The first-order chi connectivity index (χ1) is 10.5. The fourth-order valence-corrected chi connectivity index (χ4v) is 2.72. The first-order valence-electron chi connectivity index (χ1n) is 8.07. The number of hydrogen-bond donors (Lipinski definition) is 2. The largest absolute Gasteiger partial charge is 0.354 e. The average molecular weight is 307 g/mol. The van der Waals surface area contributed by atoms with Crippen LogP contribution in [0.1, 0.15) is 38.3 Å². The van der Waals surface area contributed by atoms with Gasteiger partial charge in [0, 0.05) is 39.3 Å². The van der Waals surface area contributed by atoms with Gasteiger partial charge in [-0.3, -0.25) is 4.99 Å². The first kappa shape index (κ1) is 16.7. The lowest BCUT2D eigenvalue weighted by Gasteiger charge is -2.35. The summed E-state index contributed by atoms with van der Waals surface area (Å²) >= 11 is 0. The monoisotopic (exact) mass is 307 g/mol. The maximum absolute atomic E-state index is 4.31. The van der Waals surface area contributed by atoms with Gasteiger partial charge in [-0.1, -0.05) is 0 Å². The van der Waals surface area contributed by atoms with E-state index in [9.17, 15) is 0 Å². The Morgan fingerprint density at radius 3 is 2.50 bits per heavy atom. The quantitative estimate of drug-likeness (QED) is 0.632. The number of aromatic nitrogens is 3. The smallest absolute Gasteiger partial charge is 0.191 e. The van der Waals surface area contributed by atoms with E-state index in [4.69, 9.17) is 0 Å². The molecule has 1 aliphatic heterocycles. The van der Waals surface area contributed by atoms with Gasteiger partial charge in [-0.2, -0.15) is 0 Å². The van der Waals surface area contributed by atoms with Crippen molar-refractivity contribution >= 4 is 5.96 Å². The summed E-state index contributed by atoms with van der Waals surface area (Å²) in [5.41, 5.74) is 0. The Labute approximate surface area is 133 Å². The zero-order valence-electron chi connectivity index (χ0n) is 14.4. The summed E-state index contributed by atoms with van der Waals surface area (Å²) in [7, 11) is 3.78. The van der Waals surface area contributed by atoms with Crippen molar-refractivity contribution in [2.24, 2.45) is 12.0 Å². The lowest BCUT2D eigenvalue weighted by atomic mass is 10.0. The molecule has 0 saturated carbocycles. The van der Waals surface area contributed by atoms with Crippen LogP contribution in [0.25, 0.3) is 0 Å². The number of hydrogen-bond acceptors (Lipinski definition) is 4. The molecule has 2 heterocycles. The van der Waals surface area contributed by atoms with Gasteiger partial charge < -0.3 is 20.1 Å². The van der Waals surface area contributed by atoms with Crippen LogP contribution >= 0.6 is 0 Å². The Hall–Kier alpha value is -1.63. The fourth-order valence-electron chi connectivity index (χ4n) is 2.72. The summed E-state index contributed by atoms with van der Waals surface area (Å²) in [6.45, 7) is 9.39. The van der Waals surface area contributed by atoms with Gasteiger partial charge in [0.1, 0.15) is 5.82 Å². The van der Waals surface area contributed by atoms with Gasteiger partial charge in [-0.15, -0.1) is 10.2 Å². The predicted molar refractivity (Wildman–Crippen MR) is 88.8 cm³/mol. The van der Waals surface area contributed by atoms with Crippen molar-refractivity contribution in [1.82, 2.24) is 30.3 Å². The van der Waals surface area contributed by atoms with Crippen LogP contribution < -0.4 is 10.6 Å². The normalized spacial score (nSPS) is 18.0. The minimum absolute atomic E-state index is 0.488. The summed E-state index contributed by atoms with van der Waals surface area (Å²) < 4.78 is 1.99. The van der Waals surface area contributed by atoms with Crippen molar-refractivity contribution in [2.45, 2.75) is 52.2 Å². The van der Waals surface area contributed by atoms with Crippen LogP contribution in [0.15, 0.2) is 4.99 Å². The Bertz CT molecular complexity index is 498. The number of nitrogens with one attached hydrogen (secondary N) is 2. The molecular formula is C15H29N7. The third-order valence-electron chi connectivity index (χ3n) is 4.42. The van der Waals surface area contributed by atoms with E-state index in [1.807, 2.05) is 18.5 Å². The number of aryl methyl sites for hydroxylation is 1. The van der Waals surface area contributed by atoms with Crippen LogP contribution in [-0.4, -0.2) is 57.8 Å². The Balaban J connectivity index is 1.80. The molecule has 1 aromatic rings. The molecule has 1 aromatic heterocycles. The van der Waals surface area contributed by atoms with Crippen LogP contribution in [0.3, 0.4) is 0 Å². The van der Waals surface area contributed by atoms with Gasteiger partial charge in [0.2, 0.25) is 0 Å². The van der Waals surface area contributed by atoms with E-state index < -0.39 is 0 Å². The molecular weight excluding hydrogens is 278 g/mol. The van der Waals surface area contributed by atoms with Gasteiger partial charge >= 0.3 is 0 Å². The van der Waals surface area contributed by atoms with Crippen molar-refractivity contribution in [3.63, 3.8) is 0 Å². The molecule has 0 radical (unpaired) electrons. The van der Waals surface area contributed by atoms with E-state index >= 15 is 0 Å². The third kappa shape index (κ3) is 4.19. The Morgan fingerprint density at radius 1 is 1.32 bits per heavy atom.